The van der Waals surface area contributed by atoms with Gasteiger partial charge in [-0.15, -0.1) is 11.3 Å². The maximum absolute atomic E-state index is 12.7. The van der Waals surface area contributed by atoms with Gasteiger partial charge in [0.25, 0.3) is 0 Å². The number of para-hydroxylation sites is 1. The van der Waals surface area contributed by atoms with E-state index in [0.29, 0.717) is 28.8 Å². The van der Waals surface area contributed by atoms with Crippen molar-refractivity contribution in [3.05, 3.63) is 59.1 Å². The fraction of sp³-hybridized carbons (Fsp3) is 0.467. The highest BCUT2D eigenvalue weighted by Crippen LogP contribution is 2.30. The second kappa shape index (κ2) is 17.0. The molecule has 2 aromatic carbocycles. The van der Waals surface area contributed by atoms with E-state index in [2.05, 4.69) is 22.5 Å². The third-order valence-corrected chi connectivity index (χ3v) is 7.40. The van der Waals surface area contributed by atoms with Crippen molar-refractivity contribution in [3.8, 4) is 16.3 Å². The van der Waals surface area contributed by atoms with Crippen LogP contribution in [0, 0.1) is 0 Å². The standard InChI is InChI=1S/C30H40ClN3O2S/c1-2-3-4-5-6-7-8-9-10-11-12-15-21-36-28-23-24(18-19-26(28)31)33-30(35)34-27-17-14-13-16-25(27)29-32-20-22-37-29/h13-14,16-20,22-23H,2-12,15,21H2,1H3,(H2,33,34,35). The van der Waals surface area contributed by atoms with Crippen LogP contribution in [0.5, 0.6) is 5.75 Å². The molecule has 0 saturated heterocycles. The quantitative estimate of drug-likeness (QED) is 0.167. The van der Waals surface area contributed by atoms with Gasteiger partial charge in [0, 0.05) is 28.9 Å². The Balaban J connectivity index is 1.35. The Bertz CT molecular complexity index is 1060. The first-order valence-corrected chi connectivity index (χ1v) is 14.9. The monoisotopic (exact) mass is 541 g/mol. The lowest BCUT2D eigenvalue weighted by Gasteiger charge is -2.13. The summed E-state index contributed by atoms with van der Waals surface area (Å²) < 4.78 is 5.93. The maximum Gasteiger partial charge on any atom is 0.323 e. The van der Waals surface area contributed by atoms with E-state index in [1.165, 1.54) is 75.5 Å². The lowest BCUT2D eigenvalue weighted by Crippen LogP contribution is -2.19. The highest BCUT2D eigenvalue weighted by molar-refractivity contribution is 7.13. The van der Waals surface area contributed by atoms with Gasteiger partial charge in [-0.1, -0.05) is 101 Å². The summed E-state index contributed by atoms with van der Waals surface area (Å²) in [5, 5.41) is 9.11. The van der Waals surface area contributed by atoms with Crippen molar-refractivity contribution in [2.45, 2.75) is 84.0 Å². The van der Waals surface area contributed by atoms with Gasteiger partial charge in [-0.2, -0.15) is 0 Å². The fourth-order valence-corrected chi connectivity index (χ4v) is 5.09. The van der Waals surface area contributed by atoms with Crippen LogP contribution < -0.4 is 15.4 Å². The predicted octanol–water partition coefficient (Wildman–Crippen LogP) is 10.2. The number of nitrogens with zero attached hydrogens (tertiary/aromatic N) is 1. The largest absolute Gasteiger partial charge is 0.492 e. The van der Waals surface area contributed by atoms with Crippen molar-refractivity contribution in [2.24, 2.45) is 0 Å². The molecule has 3 aromatic rings. The zero-order chi connectivity index (χ0) is 26.1. The van der Waals surface area contributed by atoms with E-state index in [9.17, 15) is 4.79 Å². The molecule has 1 heterocycles. The topological polar surface area (TPSA) is 63.2 Å². The third-order valence-electron chi connectivity index (χ3n) is 6.28. The molecule has 37 heavy (non-hydrogen) atoms. The number of thiazole rings is 1. The van der Waals surface area contributed by atoms with Crippen LogP contribution in [0.3, 0.4) is 0 Å². The van der Waals surface area contributed by atoms with E-state index in [0.717, 1.165) is 23.4 Å². The molecule has 7 heteroatoms. The van der Waals surface area contributed by atoms with Gasteiger partial charge in [-0.25, -0.2) is 9.78 Å². The second-order valence-corrected chi connectivity index (χ2v) is 10.6. The minimum atomic E-state index is -0.335. The van der Waals surface area contributed by atoms with Gasteiger partial charge in [-0.3, -0.25) is 0 Å². The van der Waals surface area contributed by atoms with E-state index >= 15 is 0 Å². The number of carbonyl (C=O) groups excluding carboxylic acids is 1. The number of hydrogen-bond acceptors (Lipinski definition) is 4. The van der Waals surface area contributed by atoms with Crippen molar-refractivity contribution in [1.82, 2.24) is 4.98 Å². The number of anilines is 2. The van der Waals surface area contributed by atoms with Crippen LogP contribution in [0.15, 0.2) is 54.0 Å². The lowest BCUT2D eigenvalue weighted by molar-refractivity contribution is 0.262. The van der Waals surface area contributed by atoms with Gasteiger partial charge in [-0.05, 0) is 30.7 Å². The number of aromatic nitrogens is 1. The Labute approximate surface area is 231 Å². The van der Waals surface area contributed by atoms with Gasteiger partial charge in [0.2, 0.25) is 0 Å². The van der Waals surface area contributed by atoms with Crippen molar-refractivity contribution < 1.29 is 9.53 Å². The molecule has 1 aromatic heterocycles. The molecule has 0 atom stereocenters. The lowest BCUT2D eigenvalue weighted by atomic mass is 10.1. The Kier molecular flexibility index (Phi) is 13.3. The number of benzene rings is 2. The van der Waals surface area contributed by atoms with Crippen LogP contribution in [0.2, 0.25) is 5.02 Å². The Morgan fingerprint density at radius 1 is 0.892 bits per heavy atom. The predicted molar refractivity (Wildman–Crippen MR) is 158 cm³/mol. The summed E-state index contributed by atoms with van der Waals surface area (Å²) in [4.78, 5) is 17.0. The molecule has 2 amide bonds. The number of carbonyl (C=O) groups is 1. The summed E-state index contributed by atoms with van der Waals surface area (Å²) in [6.45, 7) is 2.88. The fourth-order valence-electron chi connectivity index (χ4n) is 4.24. The molecule has 2 N–H and O–H groups in total. The number of rotatable bonds is 17. The molecule has 0 bridgehead atoms. The number of unbranched alkanes of at least 4 members (excludes halogenated alkanes) is 11. The molecular formula is C30H40ClN3O2S. The van der Waals surface area contributed by atoms with Crippen LogP contribution >= 0.6 is 22.9 Å². The first-order chi connectivity index (χ1) is 18.2. The summed E-state index contributed by atoms with van der Waals surface area (Å²) in [6.07, 6.45) is 17.4. The van der Waals surface area contributed by atoms with Crippen LogP contribution in [0.25, 0.3) is 10.6 Å². The first kappa shape index (κ1) is 29.0. The van der Waals surface area contributed by atoms with Crippen molar-refractivity contribution in [2.75, 3.05) is 17.2 Å². The van der Waals surface area contributed by atoms with E-state index in [4.69, 9.17) is 16.3 Å². The molecule has 0 spiro atoms. The average molecular weight is 542 g/mol. The van der Waals surface area contributed by atoms with Crippen molar-refractivity contribution >= 4 is 40.3 Å². The van der Waals surface area contributed by atoms with Gasteiger partial charge in [0.1, 0.15) is 10.8 Å². The summed E-state index contributed by atoms with van der Waals surface area (Å²) >= 11 is 7.86. The maximum atomic E-state index is 12.7. The minimum absolute atomic E-state index is 0.335. The highest BCUT2D eigenvalue weighted by Gasteiger charge is 2.11. The molecule has 200 valence electrons. The number of halogens is 1. The van der Waals surface area contributed by atoms with Crippen LogP contribution in [0.4, 0.5) is 16.2 Å². The highest BCUT2D eigenvalue weighted by atomic mass is 35.5. The molecule has 0 aliphatic heterocycles. The summed E-state index contributed by atoms with van der Waals surface area (Å²) in [7, 11) is 0. The molecule has 5 nitrogen and oxygen atoms in total. The normalized spacial score (nSPS) is 10.9. The molecule has 0 fully saturated rings. The zero-order valence-corrected chi connectivity index (χ0v) is 23.5. The van der Waals surface area contributed by atoms with Gasteiger partial charge in [0.05, 0.1) is 17.3 Å². The van der Waals surface area contributed by atoms with Crippen LogP contribution in [0.1, 0.15) is 84.0 Å². The third kappa shape index (κ3) is 10.7. The second-order valence-electron chi connectivity index (χ2n) is 9.34. The first-order valence-electron chi connectivity index (χ1n) is 13.7. The number of nitrogens with one attached hydrogen (secondary N) is 2. The molecule has 0 aliphatic carbocycles. The molecule has 0 radical (unpaired) electrons. The number of ether oxygens (including phenoxy) is 1. The van der Waals surface area contributed by atoms with E-state index < -0.39 is 0 Å². The van der Waals surface area contributed by atoms with E-state index in [-0.39, 0.29) is 6.03 Å². The van der Waals surface area contributed by atoms with Gasteiger partial charge >= 0.3 is 6.03 Å². The molecule has 0 saturated carbocycles. The molecule has 3 rings (SSSR count). The Hall–Kier alpha value is -2.57. The molecule has 0 aliphatic rings. The summed E-state index contributed by atoms with van der Waals surface area (Å²) in [5.41, 5.74) is 2.21. The number of amides is 2. The average Bonchev–Trinajstić information content (AvgIpc) is 3.44. The van der Waals surface area contributed by atoms with Crippen molar-refractivity contribution in [1.29, 1.82) is 0 Å². The summed E-state index contributed by atoms with van der Waals surface area (Å²) in [6, 6.07) is 12.6. The van der Waals surface area contributed by atoms with Crippen LogP contribution in [-0.4, -0.2) is 17.6 Å². The Morgan fingerprint density at radius 2 is 1.57 bits per heavy atom. The van der Waals surface area contributed by atoms with E-state index in [1.807, 2.05) is 29.6 Å². The van der Waals surface area contributed by atoms with Crippen LogP contribution in [-0.2, 0) is 0 Å². The number of hydrogen-bond donors (Lipinski definition) is 2. The number of urea groups is 1. The smallest absolute Gasteiger partial charge is 0.323 e. The van der Waals surface area contributed by atoms with Gasteiger partial charge < -0.3 is 15.4 Å². The molecular weight excluding hydrogens is 502 g/mol. The summed E-state index contributed by atoms with van der Waals surface area (Å²) in [5.74, 6) is 0.589. The zero-order valence-electron chi connectivity index (χ0n) is 21.9. The minimum Gasteiger partial charge on any atom is -0.492 e. The van der Waals surface area contributed by atoms with E-state index in [1.54, 1.807) is 24.4 Å². The van der Waals surface area contributed by atoms with Crippen molar-refractivity contribution in [3.63, 3.8) is 0 Å². The molecule has 0 unspecified atom stereocenters. The SMILES string of the molecule is CCCCCCCCCCCCCCOc1cc(NC(=O)Nc2ccccc2-c2nccs2)ccc1Cl. The Morgan fingerprint density at radius 3 is 2.24 bits per heavy atom. The van der Waals surface area contributed by atoms with Gasteiger partial charge in [0.15, 0.2) is 0 Å².